The van der Waals surface area contributed by atoms with Crippen LogP contribution in [0.2, 0.25) is 10.0 Å². The van der Waals surface area contributed by atoms with E-state index in [0.29, 0.717) is 50.0 Å². The summed E-state index contributed by atoms with van der Waals surface area (Å²) in [7, 11) is 1.55. The minimum Gasteiger partial charge on any atom is -0.493 e. The largest absolute Gasteiger partial charge is 0.493 e. The summed E-state index contributed by atoms with van der Waals surface area (Å²) >= 11 is 12.6. The molecule has 9 nitrogen and oxygen atoms in total. The van der Waals surface area contributed by atoms with Crippen LogP contribution in [0, 0.1) is 0 Å². The Balaban J connectivity index is 1.48. The Hall–Kier alpha value is -4.08. The number of amides is 1. The van der Waals surface area contributed by atoms with Gasteiger partial charge in [-0.15, -0.1) is 0 Å². The first-order valence-corrected chi connectivity index (χ1v) is 12.1. The fourth-order valence-corrected chi connectivity index (χ4v) is 4.63. The molecule has 1 amide bonds. The Morgan fingerprint density at radius 1 is 1.05 bits per heavy atom. The number of aromatic nitrogens is 4. The van der Waals surface area contributed by atoms with Gasteiger partial charge in [-0.3, -0.25) is 4.79 Å². The predicted octanol–water partition coefficient (Wildman–Crippen LogP) is 5.50. The van der Waals surface area contributed by atoms with Crippen molar-refractivity contribution in [1.82, 2.24) is 20.2 Å². The number of anilines is 2. The maximum Gasteiger partial charge on any atom is 0.255 e. The van der Waals surface area contributed by atoms with Gasteiger partial charge in [0.25, 0.3) is 5.91 Å². The summed E-state index contributed by atoms with van der Waals surface area (Å²) in [6, 6.07) is 19.3. The van der Waals surface area contributed by atoms with Crippen LogP contribution in [0.25, 0.3) is 0 Å². The maximum atomic E-state index is 13.5. The first kappa shape index (κ1) is 24.6. The summed E-state index contributed by atoms with van der Waals surface area (Å²) in [4.78, 5) is 13.5. The standard InChI is InChI=1S/C26H22Cl2N6O3/c1-15-23(25(35)30-17-7-4-3-5-8-17)24(34-26(29-15)31-32-33-34)16-11-12-21(22(13-16)36-2)37-14-18-19(27)9-6-10-20(18)28/h3-13,24H,14H2,1-2H3,(H,30,35)(H,29,31,33). The Kier molecular flexibility index (Phi) is 6.98. The van der Waals surface area contributed by atoms with Crippen LogP contribution in [0.1, 0.15) is 24.1 Å². The third kappa shape index (κ3) is 4.96. The average Bonchev–Trinajstić information content (AvgIpc) is 3.36. The van der Waals surface area contributed by atoms with E-state index in [9.17, 15) is 4.79 Å². The molecule has 5 rings (SSSR count). The van der Waals surface area contributed by atoms with Crippen molar-refractivity contribution in [3.63, 3.8) is 0 Å². The van der Waals surface area contributed by atoms with Crippen LogP contribution in [-0.2, 0) is 11.4 Å². The molecule has 1 aliphatic rings. The van der Waals surface area contributed by atoms with E-state index in [1.54, 1.807) is 42.1 Å². The number of rotatable bonds is 7. The number of nitrogens with one attached hydrogen (secondary N) is 2. The van der Waals surface area contributed by atoms with Gasteiger partial charge < -0.3 is 20.1 Å². The number of methoxy groups -OCH3 is 1. The molecule has 37 heavy (non-hydrogen) atoms. The van der Waals surface area contributed by atoms with Crippen LogP contribution in [-0.4, -0.2) is 33.2 Å². The highest BCUT2D eigenvalue weighted by Gasteiger charge is 2.34. The van der Waals surface area contributed by atoms with E-state index in [1.165, 1.54) is 0 Å². The molecule has 1 aromatic heterocycles. The third-order valence-electron chi connectivity index (χ3n) is 5.93. The molecular formula is C26H22Cl2N6O3. The molecule has 0 fully saturated rings. The highest BCUT2D eigenvalue weighted by molar-refractivity contribution is 6.35. The Morgan fingerprint density at radius 2 is 1.81 bits per heavy atom. The molecular weight excluding hydrogens is 515 g/mol. The van der Waals surface area contributed by atoms with Crippen molar-refractivity contribution in [2.45, 2.75) is 19.6 Å². The molecule has 1 atom stereocenters. The molecule has 4 aromatic rings. The monoisotopic (exact) mass is 536 g/mol. The quantitative estimate of drug-likeness (QED) is 0.321. The smallest absolute Gasteiger partial charge is 0.255 e. The average molecular weight is 537 g/mol. The summed E-state index contributed by atoms with van der Waals surface area (Å²) in [5.74, 6) is 1.10. The number of allylic oxidation sites excluding steroid dienone is 1. The number of nitrogens with zero attached hydrogens (tertiary/aromatic N) is 4. The van der Waals surface area contributed by atoms with E-state index in [-0.39, 0.29) is 12.5 Å². The second-order valence-corrected chi connectivity index (χ2v) is 9.05. The van der Waals surface area contributed by atoms with Crippen LogP contribution in [0.5, 0.6) is 11.5 Å². The molecule has 2 N–H and O–H groups in total. The van der Waals surface area contributed by atoms with Gasteiger partial charge in [-0.05, 0) is 59.3 Å². The Bertz CT molecular complexity index is 1470. The zero-order valence-electron chi connectivity index (χ0n) is 19.9. The van der Waals surface area contributed by atoms with Crippen molar-refractivity contribution in [2.24, 2.45) is 0 Å². The summed E-state index contributed by atoms with van der Waals surface area (Å²) in [5.41, 5.74) is 3.17. The highest BCUT2D eigenvalue weighted by atomic mass is 35.5. The van der Waals surface area contributed by atoms with Crippen LogP contribution in [0.15, 0.2) is 78.0 Å². The van der Waals surface area contributed by atoms with Crippen molar-refractivity contribution in [1.29, 1.82) is 0 Å². The van der Waals surface area contributed by atoms with Gasteiger partial charge >= 0.3 is 0 Å². The lowest BCUT2D eigenvalue weighted by molar-refractivity contribution is -0.113. The van der Waals surface area contributed by atoms with Crippen molar-refractivity contribution in [3.05, 3.63) is 99.2 Å². The minimum atomic E-state index is -0.615. The van der Waals surface area contributed by atoms with Gasteiger partial charge in [0.1, 0.15) is 12.6 Å². The van der Waals surface area contributed by atoms with Gasteiger partial charge in [0.2, 0.25) is 5.95 Å². The van der Waals surface area contributed by atoms with Gasteiger partial charge in [0, 0.05) is 27.0 Å². The van der Waals surface area contributed by atoms with E-state index in [4.69, 9.17) is 32.7 Å². The van der Waals surface area contributed by atoms with E-state index >= 15 is 0 Å². The molecule has 0 saturated carbocycles. The van der Waals surface area contributed by atoms with Crippen molar-refractivity contribution < 1.29 is 14.3 Å². The van der Waals surface area contributed by atoms with E-state index < -0.39 is 6.04 Å². The van der Waals surface area contributed by atoms with Gasteiger partial charge in [0.05, 0.1) is 12.7 Å². The van der Waals surface area contributed by atoms with Gasteiger partial charge in [-0.2, -0.15) is 4.68 Å². The zero-order valence-corrected chi connectivity index (χ0v) is 21.4. The number of para-hydroxylation sites is 1. The molecule has 1 aliphatic heterocycles. The van der Waals surface area contributed by atoms with E-state index in [0.717, 1.165) is 5.56 Å². The Labute approximate surface area is 223 Å². The molecule has 188 valence electrons. The summed E-state index contributed by atoms with van der Waals surface area (Å²) in [6.07, 6.45) is 0. The van der Waals surface area contributed by atoms with Gasteiger partial charge in [-0.1, -0.05) is 58.6 Å². The molecule has 0 bridgehead atoms. The molecule has 0 spiro atoms. The number of halogens is 2. The number of tetrazole rings is 1. The first-order valence-electron chi connectivity index (χ1n) is 11.3. The lowest BCUT2D eigenvalue weighted by atomic mass is 9.94. The zero-order chi connectivity index (χ0) is 25.9. The molecule has 0 aliphatic carbocycles. The van der Waals surface area contributed by atoms with E-state index in [1.807, 2.05) is 43.3 Å². The summed E-state index contributed by atoms with van der Waals surface area (Å²) in [6.45, 7) is 1.97. The number of hydrogen-bond acceptors (Lipinski definition) is 7. The van der Waals surface area contributed by atoms with Crippen LogP contribution >= 0.6 is 23.2 Å². The number of ether oxygens (including phenoxy) is 2. The van der Waals surface area contributed by atoms with Crippen molar-refractivity contribution >= 4 is 40.7 Å². The maximum absolute atomic E-state index is 13.5. The molecule has 0 radical (unpaired) electrons. The van der Waals surface area contributed by atoms with Crippen LogP contribution in [0.4, 0.5) is 11.6 Å². The SMILES string of the molecule is COc1cc(C2C(C(=O)Nc3ccccc3)=C(C)Nc3nnnn32)ccc1OCc1c(Cl)cccc1Cl. The van der Waals surface area contributed by atoms with Crippen molar-refractivity contribution in [2.75, 3.05) is 17.7 Å². The van der Waals surface area contributed by atoms with Crippen molar-refractivity contribution in [3.8, 4) is 11.5 Å². The molecule has 11 heteroatoms. The Morgan fingerprint density at radius 3 is 2.54 bits per heavy atom. The number of benzene rings is 3. The molecule has 2 heterocycles. The topological polar surface area (TPSA) is 103 Å². The molecule has 3 aromatic carbocycles. The molecule has 0 saturated heterocycles. The third-order valence-corrected chi connectivity index (χ3v) is 6.64. The lowest BCUT2D eigenvalue weighted by Gasteiger charge is -2.28. The summed E-state index contributed by atoms with van der Waals surface area (Å²) in [5, 5.41) is 19.1. The second kappa shape index (κ2) is 10.5. The predicted molar refractivity (Wildman–Crippen MR) is 141 cm³/mol. The second-order valence-electron chi connectivity index (χ2n) is 8.23. The lowest BCUT2D eigenvalue weighted by Crippen LogP contribution is -2.31. The van der Waals surface area contributed by atoms with Gasteiger partial charge in [0.15, 0.2) is 11.5 Å². The van der Waals surface area contributed by atoms with Gasteiger partial charge in [-0.25, -0.2) is 0 Å². The summed E-state index contributed by atoms with van der Waals surface area (Å²) < 4.78 is 13.2. The van der Waals surface area contributed by atoms with Crippen LogP contribution in [0.3, 0.4) is 0 Å². The van der Waals surface area contributed by atoms with E-state index in [2.05, 4.69) is 26.2 Å². The van der Waals surface area contributed by atoms with Crippen LogP contribution < -0.4 is 20.1 Å². The number of carbonyl (C=O) groups excluding carboxylic acids is 1. The number of hydrogen-bond donors (Lipinski definition) is 2. The first-order chi connectivity index (χ1) is 18.0. The highest BCUT2D eigenvalue weighted by Crippen LogP contribution is 2.39. The minimum absolute atomic E-state index is 0.155. The fraction of sp³-hybridized carbons (Fsp3) is 0.154. The molecule has 1 unspecified atom stereocenters. The number of fused-ring (bicyclic) bond motifs is 1. The normalized spacial score (nSPS) is 14.5. The number of carbonyl (C=O) groups is 1. The fourth-order valence-electron chi connectivity index (χ4n) is 4.13.